The minimum Gasteiger partial charge on any atom is -0.331 e. The van der Waals surface area contributed by atoms with Crippen LogP contribution in [0.3, 0.4) is 0 Å². The van der Waals surface area contributed by atoms with E-state index in [9.17, 15) is 9.18 Å². The van der Waals surface area contributed by atoms with Crippen LogP contribution >= 0.6 is 0 Å². The highest BCUT2D eigenvalue weighted by molar-refractivity contribution is 5.91. The number of ketones is 1. The molecule has 0 bridgehead atoms. The van der Waals surface area contributed by atoms with Crippen molar-refractivity contribution in [2.45, 2.75) is 51.1 Å². The topological polar surface area (TPSA) is 47.8 Å². The molecule has 5 heteroatoms. The number of carbonyl (C=O) groups excluding carboxylic acids is 1. The molecule has 0 N–H and O–H groups in total. The number of benzene rings is 1. The van der Waals surface area contributed by atoms with Crippen LogP contribution in [0.5, 0.6) is 0 Å². The lowest BCUT2D eigenvalue weighted by Gasteiger charge is -2.27. The van der Waals surface area contributed by atoms with Gasteiger partial charge in [0.1, 0.15) is 5.82 Å². The first kappa shape index (κ1) is 17.8. The number of fused-ring (bicyclic) bond motifs is 1. The van der Waals surface area contributed by atoms with Gasteiger partial charge in [0.15, 0.2) is 11.5 Å². The predicted octanol–water partition coefficient (Wildman–Crippen LogP) is 4.73. The first-order valence-electron chi connectivity index (χ1n) is 9.56. The predicted molar refractivity (Wildman–Crippen MR) is 104 cm³/mol. The van der Waals surface area contributed by atoms with Gasteiger partial charge < -0.3 is 4.57 Å². The van der Waals surface area contributed by atoms with E-state index in [4.69, 9.17) is 0 Å². The van der Waals surface area contributed by atoms with Gasteiger partial charge in [0.25, 0.3) is 0 Å². The zero-order valence-electron chi connectivity index (χ0n) is 15.8. The molecule has 0 spiro atoms. The van der Waals surface area contributed by atoms with E-state index in [1.807, 2.05) is 42.9 Å². The molecule has 0 saturated heterocycles. The van der Waals surface area contributed by atoms with Gasteiger partial charge in [0, 0.05) is 29.9 Å². The molecule has 1 aliphatic carbocycles. The molecular weight excluding hydrogens is 341 g/mol. The van der Waals surface area contributed by atoms with Crippen molar-refractivity contribution < 1.29 is 9.18 Å². The number of carbonyl (C=O) groups is 1. The highest BCUT2D eigenvalue weighted by Crippen LogP contribution is 2.33. The highest BCUT2D eigenvalue weighted by atomic mass is 19.1. The Labute approximate surface area is 158 Å². The number of aromatic nitrogens is 3. The van der Waals surface area contributed by atoms with Gasteiger partial charge in [-0.1, -0.05) is 18.6 Å². The standard InChI is InChI=1S/C22H24FN3O/c1-15-24-14-20(26(15)2)16-6-7-17-13-25-19(11-18(17)10-16)12-21(27)22(23)8-4-3-5-9-22/h6-7,10-11,13-14H,3-5,8-9,12H2,1-2H3. The van der Waals surface area contributed by atoms with Crippen molar-refractivity contribution in [2.24, 2.45) is 7.05 Å². The lowest BCUT2D eigenvalue weighted by molar-refractivity contribution is -0.132. The van der Waals surface area contributed by atoms with E-state index < -0.39 is 5.67 Å². The number of aryl methyl sites for hydroxylation is 1. The molecule has 140 valence electrons. The second kappa shape index (κ2) is 6.87. The van der Waals surface area contributed by atoms with Crippen LogP contribution in [0.1, 0.15) is 43.6 Å². The van der Waals surface area contributed by atoms with E-state index in [0.29, 0.717) is 18.5 Å². The molecule has 4 nitrogen and oxygen atoms in total. The average Bonchev–Trinajstić information content (AvgIpc) is 3.00. The third kappa shape index (κ3) is 3.38. The number of hydrogen-bond acceptors (Lipinski definition) is 3. The summed E-state index contributed by atoms with van der Waals surface area (Å²) in [6.07, 6.45) is 6.99. The zero-order valence-corrected chi connectivity index (χ0v) is 15.8. The summed E-state index contributed by atoms with van der Waals surface area (Å²) in [6.45, 7) is 1.97. The van der Waals surface area contributed by atoms with Crippen molar-refractivity contribution in [3.8, 4) is 11.3 Å². The molecule has 1 fully saturated rings. The molecule has 1 aromatic carbocycles. The van der Waals surface area contributed by atoms with E-state index in [1.54, 1.807) is 6.20 Å². The SMILES string of the molecule is Cc1ncc(-c2ccc3cnc(CC(=O)C4(F)CCCCC4)cc3c2)n1C. The number of nitrogens with zero attached hydrogens (tertiary/aromatic N) is 3. The lowest BCUT2D eigenvalue weighted by atomic mass is 9.82. The number of hydrogen-bond donors (Lipinski definition) is 0. The van der Waals surface area contributed by atoms with E-state index >= 15 is 0 Å². The quantitative estimate of drug-likeness (QED) is 0.672. The molecule has 1 saturated carbocycles. The van der Waals surface area contributed by atoms with Gasteiger partial charge in [-0.25, -0.2) is 9.37 Å². The van der Waals surface area contributed by atoms with Crippen LogP contribution in [0.15, 0.2) is 36.7 Å². The highest BCUT2D eigenvalue weighted by Gasteiger charge is 2.39. The fraction of sp³-hybridized carbons (Fsp3) is 0.409. The Morgan fingerprint density at radius 3 is 2.59 bits per heavy atom. The molecule has 0 aliphatic heterocycles. The Kier molecular flexibility index (Phi) is 4.54. The van der Waals surface area contributed by atoms with E-state index in [-0.39, 0.29) is 12.2 Å². The van der Waals surface area contributed by atoms with Crippen molar-refractivity contribution in [2.75, 3.05) is 0 Å². The van der Waals surface area contributed by atoms with Crippen molar-refractivity contribution in [1.82, 2.24) is 14.5 Å². The Morgan fingerprint density at radius 1 is 1.11 bits per heavy atom. The van der Waals surface area contributed by atoms with E-state index in [1.165, 1.54) is 0 Å². The Morgan fingerprint density at radius 2 is 1.89 bits per heavy atom. The van der Waals surface area contributed by atoms with Gasteiger partial charge in [-0.2, -0.15) is 0 Å². The average molecular weight is 365 g/mol. The number of rotatable bonds is 4. The summed E-state index contributed by atoms with van der Waals surface area (Å²) in [5.41, 5.74) is 1.06. The summed E-state index contributed by atoms with van der Waals surface area (Å²) >= 11 is 0. The molecule has 2 heterocycles. The molecular formula is C22H24FN3O. The van der Waals surface area contributed by atoms with Gasteiger partial charge in [0.2, 0.25) is 0 Å². The summed E-state index contributed by atoms with van der Waals surface area (Å²) in [6, 6.07) is 8.05. The second-order valence-electron chi connectivity index (χ2n) is 7.61. The maximum atomic E-state index is 14.9. The number of imidazole rings is 1. The third-order valence-corrected chi connectivity index (χ3v) is 5.78. The Hall–Kier alpha value is -2.56. The molecule has 0 amide bonds. The fourth-order valence-corrected chi connectivity index (χ4v) is 3.93. The summed E-state index contributed by atoms with van der Waals surface area (Å²) in [4.78, 5) is 21.3. The smallest absolute Gasteiger partial charge is 0.175 e. The van der Waals surface area contributed by atoms with Crippen LogP contribution in [0, 0.1) is 6.92 Å². The first-order valence-corrected chi connectivity index (χ1v) is 9.56. The summed E-state index contributed by atoms with van der Waals surface area (Å²) in [5.74, 6) is 0.624. The van der Waals surface area contributed by atoms with Gasteiger partial charge in [-0.05, 0) is 50.1 Å². The van der Waals surface area contributed by atoms with E-state index in [0.717, 1.165) is 47.1 Å². The van der Waals surface area contributed by atoms with E-state index in [2.05, 4.69) is 16.0 Å². The number of pyridine rings is 1. The first-order chi connectivity index (χ1) is 13.0. The van der Waals surface area contributed by atoms with Crippen LogP contribution in [0.2, 0.25) is 0 Å². The summed E-state index contributed by atoms with van der Waals surface area (Å²) in [5, 5.41) is 2.00. The minimum atomic E-state index is -1.66. The number of alkyl halides is 1. The van der Waals surface area contributed by atoms with Crippen LogP contribution in [0.4, 0.5) is 4.39 Å². The van der Waals surface area contributed by atoms with Crippen LogP contribution in [0.25, 0.3) is 22.0 Å². The van der Waals surface area contributed by atoms with Crippen molar-refractivity contribution >= 4 is 16.6 Å². The molecule has 4 rings (SSSR count). The Balaban J connectivity index is 1.63. The second-order valence-corrected chi connectivity index (χ2v) is 7.61. The Bertz CT molecular complexity index is 1000. The monoisotopic (exact) mass is 365 g/mol. The maximum Gasteiger partial charge on any atom is 0.175 e. The molecule has 1 aliphatic rings. The molecule has 0 unspecified atom stereocenters. The normalized spacial score (nSPS) is 16.6. The molecule has 27 heavy (non-hydrogen) atoms. The largest absolute Gasteiger partial charge is 0.331 e. The third-order valence-electron chi connectivity index (χ3n) is 5.78. The van der Waals surface area contributed by atoms with Gasteiger partial charge in [-0.3, -0.25) is 9.78 Å². The van der Waals surface area contributed by atoms with Crippen LogP contribution in [-0.2, 0) is 18.3 Å². The minimum absolute atomic E-state index is 0.0570. The molecule has 0 atom stereocenters. The number of halogens is 1. The van der Waals surface area contributed by atoms with Gasteiger partial charge >= 0.3 is 0 Å². The molecule has 2 aromatic heterocycles. The maximum absolute atomic E-state index is 14.9. The lowest BCUT2D eigenvalue weighted by Crippen LogP contribution is -2.37. The van der Waals surface area contributed by atoms with Crippen LogP contribution in [-0.4, -0.2) is 26.0 Å². The van der Waals surface area contributed by atoms with Gasteiger partial charge in [-0.15, -0.1) is 0 Å². The number of Topliss-reactive ketones (excluding diaryl/α,β-unsaturated/α-hetero) is 1. The summed E-state index contributed by atoms with van der Waals surface area (Å²) in [7, 11) is 1.99. The summed E-state index contributed by atoms with van der Waals surface area (Å²) < 4.78 is 17.0. The van der Waals surface area contributed by atoms with Crippen LogP contribution < -0.4 is 0 Å². The zero-order chi connectivity index (χ0) is 19.0. The van der Waals surface area contributed by atoms with Crippen molar-refractivity contribution in [3.63, 3.8) is 0 Å². The molecule has 3 aromatic rings. The molecule has 0 radical (unpaired) electrons. The fourth-order valence-electron chi connectivity index (χ4n) is 3.93. The van der Waals surface area contributed by atoms with Crippen molar-refractivity contribution in [3.05, 3.63) is 48.2 Å². The van der Waals surface area contributed by atoms with Gasteiger partial charge in [0.05, 0.1) is 18.3 Å². The van der Waals surface area contributed by atoms with Crippen molar-refractivity contribution in [1.29, 1.82) is 0 Å².